The molecule has 0 amide bonds. The molecule has 2 nitrogen and oxygen atoms in total. The van der Waals surface area contributed by atoms with Crippen LogP contribution in [0.25, 0.3) is 0 Å². The summed E-state index contributed by atoms with van der Waals surface area (Å²) < 4.78 is 5.04. The molecule has 2 heteroatoms. The SMILES string of the molecule is C=C/C=C\C(=C)CC(C(=C=O)OC)C(C)C. The molecule has 0 aromatic rings. The minimum atomic E-state index is 0.0319. The summed E-state index contributed by atoms with van der Waals surface area (Å²) in [6.07, 6.45) is 6.11. The largest absolute Gasteiger partial charge is 0.489 e. The third-order valence-corrected chi connectivity index (χ3v) is 2.41. The van der Waals surface area contributed by atoms with Crippen LogP contribution in [0.1, 0.15) is 20.3 Å². The standard InChI is InChI=1S/C14H20O2/c1-6-7-8-12(4)9-13(11(2)3)14(10-15)16-5/h6-8,11,13H,1,4,9H2,2-3,5H3/b8-7-. The van der Waals surface area contributed by atoms with Crippen molar-refractivity contribution in [1.82, 2.24) is 0 Å². The van der Waals surface area contributed by atoms with Gasteiger partial charge in [-0.1, -0.05) is 50.8 Å². The molecular formula is C14H20O2. The minimum absolute atomic E-state index is 0.0319. The van der Waals surface area contributed by atoms with Crippen molar-refractivity contribution in [2.24, 2.45) is 11.8 Å². The first kappa shape index (κ1) is 14.5. The molecule has 0 bridgehead atoms. The Morgan fingerprint density at radius 2 is 2.12 bits per heavy atom. The van der Waals surface area contributed by atoms with Crippen molar-refractivity contribution in [3.63, 3.8) is 0 Å². The molecule has 16 heavy (non-hydrogen) atoms. The molecule has 1 unspecified atom stereocenters. The van der Waals surface area contributed by atoms with Crippen LogP contribution in [-0.4, -0.2) is 13.1 Å². The molecule has 0 aliphatic heterocycles. The van der Waals surface area contributed by atoms with Crippen LogP contribution in [0.2, 0.25) is 0 Å². The van der Waals surface area contributed by atoms with Crippen molar-refractivity contribution in [2.75, 3.05) is 7.11 Å². The molecule has 0 radical (unpaired) electrons. The summed E-state index contributed by atoms with van der Waals surface area (Å²) in [5.74, 6) is 2.56. The van der Waals surface area contributed by atoms with Crippen molar-refractivity contribution >= 4 is 5.94 Å². The predicted molar refractivity (Wildman–Crippen MR) is 67.6 cm³/mol. The van der Waals surface area contributed by atoms with Crippen LogP contribution >= 0.6 is 0 Å². The van der Waals surface area contributed by atoms with Gasteiger partial charge in [-0.15, -0.1) is 0 Å². The van der Waals surface area contributed by atoms with Gasteiger partial charge in [0.25, 0.3) is 0 Å². The molecule has 0 aliphatic carbocycles. The Kier molecular flexibility index (Phi) is 6.98. The molecule has 0 saturated heterocycles. The van der Waals surface area contributed by atoms with Gasteiger partial charge in [-0.3, -0.25) is 0 Å². The highest BCUT2D eigenvalue weighted by Crippen LogP contribution is 2.26. The molecule has 0 fully saturated rings. The summed E-state index contributed by atoms with van der Waals surface area (Å²) in [5.41, 5.74) is 0.948. The summed E-state index contributed by atoms with van der Waals surface area (Å²) in [7, 11) is 1.50. The van der Waals surface area contributed by atoms with E-state index in [0.29, 0.717) is 18.1 Å². The van der Waals surface area contributed by atoms with Crippen LogP contribution in [0.15, 0.2) is 42.7 Å². The highest BCUT2D eigenvalue weighted by molar-refractivity contribution is 5.50. The van der Waals surface area contributed by atoms with E-state index in [0.717, 1.165) is 5.57 Å². The van der Waals surface area contributed by atoms with Crippen molar-refractivity contribution < 1.29 is 9.53 Å². The third-order valence-electron chi connectivity index (χ3n) is 2.41. The Bertz CT molecular complexity index is 318. The van der Waals surface area contributed by atoms with E-state index >= 15 is 0 Å². The average Bonchev–Trinajstić information content (AvgIpc) is 2.26. The smallest absolute Gasteiger partial charge is 0.182 e. The molecule has 1 atom stereocenters. The maximum absolute atomic E-state index is 10.7. The van der Waals surface area contributed by atoms with Crippen molar-refractivity contribution in [2.45, 2.75) is 20.3 Å². The van der Waals surface area contributed by atoms with Gasteiger partial charge in [-0.2, -0.15) is 0 Å². The maximum atomic E-state index is 10.7. The maximum Gasteiger partial charge on any atom is 0.182 e. The number of methoxy groups -OCH3 is 1. The molecule has 0 N–H and O–H groups in total. The van der Waals surface area contributed by atoms with Crippen LogP contribution in [-0.2, 0) is 9.53 Å². The summed E-state index contributed by atoms with van der Waals surface area (Å²) in [5, 5.41) is 0. The lowest BCUT2D eigenvalue weighted by Gasteiger charge is -2.20. The highest BCUT2D eigenvalue weighted by Gasteiger charge is 2.20. The number of allylic oxidation sites excluding steroid dienone is 5. The van der Waals surface area contributed by atoms with Gasteiger partial charge in [-0.05, 0) is 12.3 Å². The normalized spacial score (nSPS) is 12.2. The predicted octanol–water partition coefficient (Wildman–Crippen LogP) is 3.31. The van der Waals surface area contributed by atoms with E-state index in [1.807, 2.05) is 31.9 Å². The van der Waals surface area contributed by atoms with Crippen LogP contribution < -0.4 is 0 Å². The fourth-order valence-corrected chi connectivity index (χ4v) is 1.45. The van der Waals surface area contributed by atoms with Gasteiger partial charge in [0.05, 0.1) is 7.11 Å². The zero-order valence-corrected chi connectivity index (χ0v) is 10.3. The monoisotopic (exact) mass is 220 g/mol. The van der Waals surface area contributed by atoms with E-state index in [4.69, 9.17) is 4.74 Å². The fraction of sp³-hybridized carbons (Fsp3) is 0.429. The second-order valence-corrected chi connectivity index (χ2v) is 3.98. The van der Waals surface area contributed by atoms with Gasteiger partial charge in [0, 0.05) is 5.92 Å². The van der Waals surface area contributed by atoms with E-state index in [-0.39, 0.29) is 5.92 Å². The summed E-state index contributed by atoms with van der Waals surface area (Å²) in [6.45, 7) is 11.6. The lowest BCUT2D eigenvalue weighted by Crippen LogP contribution is -2.14. The molecular weight excluding hydrogens is 200 g/mol. The third kappa shape index (κ3) is 4.81. The first-order valence-corrected chi connectivity index (χ1v) is 5.32. The van der Waals surface area contributed by atoms with Gasteiger partial charge >= 0.3 is 0 Å². The Morgan fingerprint density at radius 3 is 2.50 bits per heavy atom. The quantitative estimate of drug-likeness (QED) is 0.374. The first-order chi connectivity index (χ1) is 7.56. The Balaban J connectivity index is 4.70. The fourth-order valence-electron chi connectivity index (χ4n) is 1.45. The summed E-state index contributed by atoms with van der Waals surface area (Å²) in [4.78, 5) is 10.7. The number of carbonyl (C=O) groups excluding carboxylic acids is 1. The Labute approximate surface area is 98.0 Å². The van der Waals surface area contributed by atoms with Gasteiger partial charge in [0.2, 0.25) is 0 Å². The number of rotatable bonds is 7. The van der Waals surface area contributed by atoms with Crippen molar-refractivity contribution in [3.05, 3.63) is 42.7 Å². The van der Waals surface area contributed by atoms with E-state index < -0.39 is 0 Å². The first-order valence-electron chi connectivity index (χ1n) is 5.32. The van der Waals surface area contributed by atoms with E-state index in [9.17, 15) is 4.79 Å². The number of hydrogen-bond donors (Lipinski definition) is 0. The van der Waals surface area contributed by atoms with Crippen LogP contribution in [0.5, 0.6) is 0 Å². The van der Waals surface area contributed by atoms with Crippen LogP contribution in [0.4, 0.5) is 0 Å². The topological polar surface area (TPSA) is 26.3 Å². The number of ether oxygens (including phenoxy) is 1. The molecule has 0 spiro atoms. The van der Waals surface area contributed by atoms with E-state index in [2.05, 4.69) is 13.2 Å². The zero-order valence-electron chi connectivity index (χ0n) is 10.3. The molecule has 0 aromatic heterocycles. The second kappa shape index (κ2) is 7.72. The Hall–Kier alpha value is -1.53. The zero-order chi connectivity index (χ0) is 12.6. The Morgan fingerprint density at radius 1 is 1.50 bits per heavy atom. The molecule has 0 heterocycles. The molecule has 0 rings (SSSR count). The average molecular weight is 220 g/mol. The highest BCUT2D eigenvalue weighted by atomic mass is 16.5. The van der Waals surface area contributed by atoms with Crippen molar-refractivity contribution in [1.29, 1.82) is 0 Å². The molecule has 88 valence electrons. The van der Waals surface area contributed by atoms with Crippen LogP contribution in [0, 0.1) is 11.8 Å². The lowest BCUT2D eigenvalue weighted by molar-refractivity contribution is 0.218. The molecule has 0 saturated carbocycles. The second-order valence-electron chi connectivity index (χ2n) is 3.98. The van der Waals surface area contributed by atoms with Crippen molar-refractivity contribution in [3.8, 4) is 0 Å². The van der Waals surface area contributed by atoms with E-state index in [1.54, 1.807) is 6.08 Å². The lowest BCUT2D eigenvalue weighted by atomic mass is 9.88. The van der Waals surface area contributed by atoms with Gasteiger partial charge in [0.15, 0.2) is 11.7 Å². The minimum Gasteiger partial charge on any atom is -0.489 e. The summed E-state index contributed by atoms with van der Waals surface area (Å²) >= 11 is 0. The number of hydrogen-bond acceptors (Lipinski definition) is 2. The van der Waals surface area contributed by atoms with Crippen LogP contribution in [0.3, 0.4) is 0 Å². The van der Waals surface area contributed by atoms with E-state index in [1.165, 1.54) is 7.11 Å². The summed E-state index contributed by atoms with van der Waals surface area (Å²) in [6, 6.07) is 0. The molecule has 0 aliphatic rings. The van der Waals surface area contributed by atoms with Gasteiger partial charge < -0.3 is 4.74 Å². The molecule has 0 aromatic carbocycles. The van der Waals surface area contributed by atoms with Gasteiger partial charge in [0.1, 0.15) is 0 Å². The van der Waals surface area contributed by atoms with Gasteiger partial charge in [-0.25, -0.2) is 4.79 Å².